The summed E-state index contributed by atoms with van der Waals surface area (Å²) in [6.45, 7) is 3.93. The van der Waals surface area contributed by atoms with Crippen LogP contribution in [-0.4, -0.2) is 11.9 Å². The molecule has 1 aromatic carbocycles. The van der Waals surface area contributed by atoms with Gasteiger partial charge in [-0.15, -0.1) is 11.3 Å². The van der Waals surface area contributed by atoms with E-state index in [1.165, 1.54) is 0 Å². The smallest absolute Gasteiger partial charge is 0.252 e. The van der Waals surface area contributed by atoms with Crippen LogP contribution in [0.5, 0.6) is 0 Å². The monoisotopic (exact) mass is 219 g/mol. The first-order chi connectivity index (χ1) is 7.18. The van der Waals surface area contributed by atoms with Gasteiger partial charge in [0.25, 0.3) is 5.91 Å². The maximum absolute atomic E-state index is 11.8. The molecule has 0 fully saturated rings. The van der Waals surface area contributed by atoms with Crippen LogP contribution < -0.4 is 5.32 Å². The van der Waals surface area contributed by atoms with Crippen LogP contribution in [0.4, 0.5) is 0 Å². The van der Waals surface area contributed by atoms with Crippen LogP contribution in [0.2, 0.25) is 0 Å². The molecule has 15 heavy (non-hydrogen) atoms. The van der Waals surface area contributed by atoms with E-state index in [0.29, 0.717) is 0 Å². The van der Waals surface area contributed by atoms with Gasteiger partial charge in [0.1, 0.15) is 0 Å². The number of rotatable bonds is 2. The molecule has 0 radical (unpaired) electrons. The SMILES string of the molecule is CC(C)NC(=O)c1csc2ccccc12. The predicted molar refractivity (Wildman–Crippen MR) is 64.4 cm³/mol. The molecular formula is C12H13NOS. The first-order valence-electron chi connectivity index (χ1n) is 4.95. The Kier molecular flexibility index (Phi) is 2.73. The molecule has 0 saturated carbocycles. The molecule has 1 amide bonds. The Morgan fingerprint density at radius 3 is 2.80 bits per heavy atom. The van der Waals surface area contributed by atoms with Gasteiger partial charge >= 0.3 is 0 Å². The first-order valence-corrected chi connectivity index (χ1v) is 5.83. The summed E-state index contributed by atoms with van der Waals surface area (Å²) >= 11 is 1.61. The molecule has 0 bridgehead atoms. The summed E-state index contributed by atoms with van der Waals surface area (Å²) in [4.78, 5) is 11.8. The van der Waals surface area contributed by atoms with E-state index in [0.717, 1.165) is 15.6 Å². The lowest BCUT2D eigenvalue weighted by atomic mass is 10.1. The summed E-state index contributed by atoms with van der Waals surface area (Å²) in [5, 5.41) is 5.87. The molecule has 2 aromatic rings. The number of fused-ring (bicyclic) bond motifs is 1. The molecule has 0 spiro atoms. The van der Waals surface area contributed by atoms with Gasteiger partial charge in [-0.3, -0.25) is 4.79 Å². The van der Waals surface area contributed by atoms with Gasteiger partial charge in [-0.1, -0.05) is 18.2 Å². The van der Waals surface area contributed by atoms with E-state index in [1.54, 1.807) is 11.3 Å². The van der Waals surface area contributed by atoms with E-state index in [2.05, 4.69) is 5.32 Å². The van der Waals surface area contributed by atoms with Gasteiger partial charge < -0.3 is 5.32 Å². The maximum atomic E-state index is 11.8. The lowest BCUT2D eigenvalue weighted by Crippen LogP contribution is -2.29. The number of hydrogen-bond acceptors (Lipinski definition) is 2. The number of hydrogen-bond donors (Lipinski definition) is 1. The molecule has 1 heterocycles. The highest BCUT2D eigenvalue weighted by molar-refractivity contribution is 7.17. The Hall–Kier alpha value is -1.35. The van der Waals surface area contributed by atoms with Crippen molar-refractivity contribution in [3.63, 3.8) is 0 Å². The minimum absolute atomic E-state index is 0.0162. The van der Waals surface area contributed by atoms with Crippen LogP contribution in [0, 0.1) is 0 Å². The fourth-order valence-corrected chi connectivity index (χ4v) is 2.43. The zero-order chi connectivity index (χ0) is 10.8. The van der Waals surface area contributed by atoms with Crippen molar-refractivity contribution in [3.05, 3.63) is 35.2 Å². The van der Waals surface area contributed by atoms with Crippen molar-refractivity contribution in [1.82, 2.24) is 5.32 Å². The van der Waals surface area contributed by atoms with Crippen molar-refractivity contribution in [2.45, 2.75) is 19.9 Å². The highest BCUT2D eigenvalue weighted by Crippen LogP contribution is 2.25. The molecular weight excluding hydrogens is 206 g/mol. The summed E-state index contributed by atoms with van der Waals surface area (Å²) in [6, 6.07) is 8.15. The second-order valence-corrected chi connectivity index (χ2v) is 4.68. The molecule has 0 aliphatic rings. The van der Waals surface area contributed by atoms with Crippen LogP contribution in [0.15, 0.2) is 29.6 Å². The third-order valence-electron chi connectivity index (χ3n) is 2.15. The van der Waals surface area contributed by atoms with Crippen LogP contribution in [0.3, 0.4) is 0 Å². The number of amides is 1. The third kappa shape index (κ3) is 2.02. The Morgan fingerprint density at radius 1 is 1.33 bits per heavy atom. The van der Waals surface area contributed by atoms with E-state index >= 15 is 0 Å². The van der Waals surface area contributed by atoms with Crippen molar-refractivity contribution >= 4 is 27.3 Å². The fourth-order valence-electron chi connectivity index (χ4n) is 1.49. The van der Waals surface area contributed by atoms with Gasteiger partial charge in [-0.05, 0) is 19.9 Å². The van der Waals surface area contributed by atoms with E-state index in [9.17, 15) is 4.79 Å². The van der Waals surface area contributed by atoms with Crippen molar-refractivity contribution < 1.29 is 4.79 Å². The molecule has 78 valence electrons. The van der Waals surface area contributed by atoms with Crippen molar-refractivity contribution in [1.29, 1.82) is 0 Å². The Bertz CT molecular complexity index is 487. The van der Waals surface area contributed by atoms with E-state index in [4.69, 9.17) is 0 Å². The Morgan fingerprint density at radius 2 is 2.07 bits per heavy atom. The first kappa shape index (κ1) is 10.2. The number of thiophene rings is 1. The second-order valence-electron chi connectivity index (χ2n) is 3.77. The quantitative estimate of drug-likeness (QED) is 0.826. The zero-order valence-corrected chi connectivity index (χ0v) is 9.60. The van der Waals surface area contributed by atoms with Crippen LogP contribution in [-0.2, 0) is 0 Å². The fraction of sp³-hybridized carbons (Fsp3) is 0.250. The lowest BCUT2D eigenvalue weighted by Gasteiger charge is -2.06. The minimum atomic E-state index is 0.0162. The normalized spacial score (nSPS) is 10.9. The van der Waals surface area contributed by atoms with Gasteiger partial charge in [0.2, 0.25) is 0 Å². The summed E-state index contributed by atoms with van der Waals surface area (Å²) < 4.78 is 1.16. The lowest BCUT2D eigenvalue weighted by molar-refractivity contribution is 0.0945. The largest absolute Gasteiger partial charge is 0.350 e. The highest BCUT2D eigenvalue weighted by atomic mass is 32.1. The Balaban J connectivity index is 2.40. The van der Waals surface area contributed by atoms with Gasteiger partial charge in [0.05, 0.1) is 5.56 Å². The van der Waals surface area contributed by atoms with E-state index in [1.807, 2.05) is 43.5 Å². The second kappa shape index (κ2) is 4.03. The molecule has 0 aliphatic heterocycles. The highest BCUT2D eigenvalue weighted by Gasteiger charge is 2.11. The molecule has 0 aliphatic carbocycles. The number of carbonyl (C=O) groups excluding carboxylic acids is 1. The van der Waals surface area contributed by atoms with Crippen molar-refractivity contribution in [2.24, 2.45) is 0 Å². The molecule has 0 atom stereocenters. The molecule has 1 N–H and O–H groups in total. The van der Waals surface area contributed by atoms with Crippen LogP contribution >= 0.6 is 11.3 Å². The maximum Gasteiger partial charge on any atom is 0.252 e. The van der Waals surface area contributed by atoms with Gasteiger partial charge in [-0.2, -0.15) is 0 Å². The molecule has 2 rings (SSSR count). The molecule has 3 heteroatoms. The van der Waals surface area contributed by atoms with Crippen LogP contribution in [0.25, 0.3) is 10.1 Å². The number of carbonyl (C=O) groups is 1. The van der Waals surface area contributed by atoms with Gasteiger partial charge in [-0.25, -0.2) is 0 Å². The topological polar surface area (TPSA) is 29.1 Å². The summed E-state index contributed by atoms with van der Waals surface area (Å²) in [7, 11) is 0. The summed E-state index contributed by atoms with van der Waals surface area (Å²) in [6.07, 6.45) is 0. The minimum Gasteiger partial charge on any atom is -0.350 e. The molecule has 0 unspecified atom stereocenters. The van der Waals surface area contributed by atoms with Crippen molar-refractivity contribution in [3.8, 4) is 0 Å². The number of benzene rings is 1. The van der Waals surface area contributed by atoms with Gasteiger partial charge in [0, 0.05) is 21.5 Å². The predicted octanol–water partition coefficient (Wildman–Crippen LogP) is 3.04. The van der Waals surface area contributed by atoms with Gasteiger partial charge in [0.15, 0.2) is 0 Å². The molecule has 1 aromatic heterocycles. The molecule has 2 nitrogen and oxygen atoms in total. The van der Waals surface area contributed by atoms with E-state index in [-0.39, 0.29) is 11.9 Å². The summed E-state index contributed by atoms with van der Waals surface area (Å²) in [5.41, 5.74) is 0.782. The Labute approximate surface area is 92.9 Å². The molecule has 0 saturated heterocycles. The number of nitrogens with one attached hydrogen (secondary N) is 1. The van der Waals surface area contributed by atoms with E-state index < -0.39 is 0 Å². The summed E-state index contributed by atoms with van der Waals surface area (Å²) in [5.74, 6) is 0.0162. The van der Waals surface area contributed by atoms with Crippen LogP contribution in [0.1, 0.15) is 24.2 Å². The standard InChI is InChI=1S/C12H13NOS/c1-8(2)13-12(14)10-7-15-11-6-4-3-5-9(10)11/h3-8H,1-2H3,(H,13,14). The average molecular weight is 219 g/mol. The zero-order valence-electron chi connectivity index (χ0n) is 8.78. The average Bonchev–Trinajstić information content (AvgIpc) is 2.59. The third-order valence-corrected chi connectivity index (χ3v) is 3.11. The van der Waals surface area contributed by atoms with Crippen molar-refractivity contribution in [2.75, 3.05) is 0 Å².